The van der Waals surface area contributed by atoms with Crippen LogP contribution in [0.1, 0.15) is 12.6 Å². The molecule has 0 amide bonds. The van der Waals surface area contributed by atoms with Gasteiger partial charge in [-0.25, -0.2) is 4.98 Å². The van der Waals surface area contributed by atoms with Gasteiger partial charge in [0, 0.05) is 17.1 Å². The van der Waals surface area contributed by atoms with Crippen LogP contribution in [0.3, 0.4) is 0 Å². The number of thiazole rings is 1. The number of nitrogens with zero attached hydrogens (tertiary/aromatic N) is 1. The Labute approximate surface area is 121 Å². The standard InChI is InChI=1S/C14H16N2O3S/c1-3-19-12-6-4-5-10(7-12)15-14-16-11(9-20-14)8-13(17)18-2/h4-7,9H,3,8H2,1-2H3,(H,15,16). The van der Waals surface area contributed by atoms with E-state index in [1.807, 2.05) is 36.6 Å². The minimum Gasteiger partial charge on any atom is -0.494 e. The van der Waals surface area contributed by atoms with Crippen LogP contribution in [0, 0.1) is 0 Å². The van der Waals surface area contributed by atoms with Crippen LogP contribution in [0.25, 0.3) is 0 Å². The molecule has 0 aliphatic heterocycles. The highest BCUT2D eigenvalue weighted by molar-refractivity contribution is 7.13. The van der Waals surface area contributed by atoms with Crippen molar-refractivity contribution in [2.45, 2.75) is 13.3 Å². The van der Waals surface area contributed by atoms with Crippen molar-refractivity contribution in [2.75, 3.05) is 19.0 Å². The number of anilines is 2. The van der Waals surface area contributed by atoms with E-state index in [0.29, 0.717) is 12.3 Å². The Morgan fingerprint density at radius 2 is 2.30 bits per heavy atom. The number of benzene rings is 1. The first-order valence-corrected chi connectivity index (χ1v) is 7.10. The van der Waals surface area contributed by atoms with Crippen LogP contribution < -0.4 is 10.1 Å². The summed E-state index contributed by atoms with van der Waals surface area (Å²) in [4.78, 5) is 15.5. The Bertz CT molecular complexity index is 583. The Morgan fingerprint density at radius 3 is 3.05 bits per heavy atom. The summed E-state index contributed by atoms with van der Waals surface area (Å²) in [5, 5.41) is 5.76. The number of ether oxygens (including phenoxy) is 2. The van der Waals surface area contributed by atoms with Gasteiger partial charge in [-0.1, -0.05) is 6.07 Å². The zero-order valence-corrected chi connectivity index (χ0v) is 12.2. The van der Waals surface area contributed by atoms with Crippen molar-refractivity contribution < 1.29 is 14.3 Å². The molecule has 2 rings (SSSR count). The Hall–Kier alpha value is -2.08. The number of aromatic nitrogens is 1. The highest BCUT2D eigenvalue weighted by Crippen LogP contribution is 2.24. The van der Waals surface area contributed by atoms with Crippen molar-refractivity contribution in [3.63, 3.8) is 0 Å². The van der Waals surface area contributed by atoms with E-state index in [1.54, 1.807) is 0 Å². The summed E-state index contributed by atoms with van der Waals surface area (Å²) in [6, 6.07) is 7.66. The normalized spacial score (nSPS) is 10.1. The van der Waals surface area contributed by atoms with Crippen LogP contribution in [0.5, 0.6) is 5.75 Å². The fourth-order valence-electron chi connectivity index (χ4n) is 1.62. The van der Waals surface area contributed by atoms with Crippen LogP contribution in [-0.4, -0.2) is 24.7 Å². The second-order valence-electron chi connectivity index (χ2n) is 3.98. The average Bonchev–Trinajstić information content (AvgIpc) is 2.86. The van der Waals surface area contributed by atoms with Crippen molar-refractivity contribution in [1.29, 1.82) is 0 Å². The Morgan fingerprint density at radius 1 is 1.45 bits per heavy atom. The van der Waals surface area contributed by atoms with Crippen LogP contribution in [0.4, 0.5) is 10.8 Å². The van der Waals surface area contributed by atoms with Crippen molar-refractivity contribution in [1.82, 2.24) is 4.98 Å². The lowest BCUT2D eigenvalue weighted by Crippen LogP contribution is -2.04. The second kappa shape index (κ2) is 6.91. The summed E-state index contributed by atoms with van der Waals surface area (Å²) >= 11 is 1.45. The third-order valence-corrected chi connectivity index (χ3v) is 3.31. The van der Waals surface area contributed by atoms with E-state index in [-0.39, 0.29) is 12.4 Å². The topological polar surface area (TPSA) is 60.5 Å². The summed E-state index contributed by atoms with van der Waals surface area (Å²) in [7, 11) is 1.37. The van der Waals surface area contributed by atoms with E-state index >= 15 is 0 Å². The molecule has 20 heavy (non-hydrogen) atoms. The average molecular weight is 292 g/mol. The highest BCUT2D eigenvalue weighted by Gasteiger charge is 2.08. The molecule has 0 atom stereocenters. The first kappa shape index (κ1) is 14.3. The number of rotatable bonds is 6. The van der Waals surface area contributed by atoms with Gasteiger partial charge < -0.3 is 14.8 Å². The van der Waals surface area contributed by atoms with Gasteiger partial charge in [-0.2, -0.15) is 0 Å². The summed E-state index contributed by atoms with van der Waals surface area (Å²) < 4.78 is 10.1. The lowest BCUT2D eigenvalue weighted by atomic mass is 10.3. The lowest BCUT2D eigenvalue weighted by molar-refractivity contribution is -0.139. The monoisotopic (exact) mass is 292 g/mol. The maximum atomic E-state index is 11.2. The van der Waals surface area contributed by atoms with Gasteiger partial charge in [-0.05, 0) is 19.1 Å². The number of carbonyl (C=O) groups is 1. The van der Waals surface area contributed by atoms with Crippen LogP contribution in [0.2, 0.25) is 0 Å². The number of methoxy groups -OCH3 is 1. The van der Waals surface area contributed by atoms with E-state index < -0.39 is 0 Å². The molecule has 0 fully saturated rings. The molecule has 0 aliphatic rings. The minimum absolute atomic E-state index is 0.188. The van der Waals surface area contributed by atoms with Crippen LogP contribution in [0.15, 0.2) is 29.6 Å². The minimum atomic E-state index is -0.291. The van der Waals surface area contributed by atoms with Gasteiger partial charge in [0.2, 0.25) is 0 Å². The van der Waals surface area contributed by atoms with Crippen LogP contribution >= 0.6 is 11.3 Å². The molecule has 1 N–H and O–H groups in total. The largest absolute Gasteiger partial charge is 0.494 e. The predicted molar refractivity (Wildman–Crippen MR) is 78.7 cm³/mol. The van der Waals surface area contributed by atoms with E-state index in [0.717, 1.165) is 16.6 Å². The predicted octanol–water partition coefficient (Wildman–Crippen LogP) is 3.00. The number of hydrogen-bond donors (Lipinski definition) is 1. The number of carbonyl (C=O) groups excluding carboxylic acids is 1. The van der Waals surface area contributed by atoms with Gasteiger partial charge in [-0.3, -0.25) is 4.79 Å². The van der Waals surface area contributed by atoms with E-state index in [4.69, 9.17) is 4.74 Å². The molecule has 0 spiro atoms. The second-order valence-corrected chi connectivity index (χ2v) is 4.84. The van der Waals surface area contributed by atoms with Crippen LogP contribution in [-0.2, 0) is 16.0 Å². The Balaban J connectivity index is 2.02. The SMILES string of the molecule is CCOc1cccc(Nc2nc(CC(=O)OC)cs2)c1. The molecule has 0 radical (unpaired) electrons. The quantitative estimate of drug-likeness (QED) is 0.829. The lowest BCUT2D eigenvalue weighted by Gasteiger charge is -2.06. The number of esters is 1. The molecule has 106 valence electrons. The van der Waals surface area contributed by atoms with Gasteiger partial charge in [0.25, 0.3) is 0 Å². The van der Waals surface area contributed by atoms with E-state index in [9.17, 15) is 4.79 Å². The maximum absolute atomic E-state index is 11.2. The third kappa shape index (κ3) is 3.96. The fourth-order valence-corrected chi connectivity index (χ4v) is 2.35. The van der Waals surface area contributed by atoms with Crippen molar-refractivity contribution in [3.05, 3.63) is 35.3 Å². The summed E-state index contributed by atoms with van der Waals surface area (Å²) in [6.45, 7) is 2.57. The molecule has 0 saturated carbocycles. The molecule has 1 heterocycles. The van der Waals surface area contributed by atoms with E-state index in [1.165, 1.54) is 18.4 Å². The van der Waals surface area contributed by atoms with Crippen molar-refractivity contribution in [2.24, 2.45) is 0 Å². The molecule has 0 bridgehead atoms. The molecule has 1 aromatic carbocycles. The summed E-state index contributed by atoms with van der Waals surface area (Å²) in [5.74, 6) is 0.518. The smallest absolute Gasteiger partial charge is 0.311 e. The molecular weight excluding hydrogens is 276 g/mol. The molecule has 5 nitrogen and oxygen atoms in total. The zero-order chi connectivity index (χ0) is 14.4. The zero-order valence-electron chi connectivity index (χ0n) is 11.4. The van der Waals surface area contributed by atoms with Gasteiger partial charge in [0.05, 0.1) is 25.8 Å². The number of nitrogens with one attached hydrogen (secondary N) is 1. The maximum Gasteiger partial charge on any atom is 0.311 e. The third-order valence-electron chi connectivity index (χ3n) is 2.50. The van der Waals surface area contributed by atoms with Gasteiger partial charge in [-0.15, -0.1) is 11.3 Å². The molecule has 0 unspecified atom stereocenters. The molecule has 0 saturated heterocycles. The molecular formula is C14H16N2O3S. The Kier molecular flexibility index (Phi) is 4.95. The summed E-state index contributed by atoms with van der Waals surface area (Å²) in [5.41, 5.74) is 1.60. The molecule has 2 aromatic rings. The van der Waals surface area contributed by atoms with Crippen molar-refractivity contribution in [3.8, 4) is 5.75 Å². The first-order valence-electron chi connectivity index (χ1n) is 6.22. The van der Waals surface area contributed by atoms with E-state index in [2.05, 4.69) is 15.0 Å². The first-order chi connectivity index (χ1) is 9.71. The van der Waals surface area contributed by atoms with Gasteiger partial charge >= 0.3 is 5.97 Å². The highest BCUT2D eigenvalue weighted by atomic mass is 32.1. The number of hydrogen-bond acceptors (Lipinski definition) is 6. The summed E-state index contributed by atoms with van der Waals surface area (Å²) in [6.07, 6.45) is 0.188. The molecule has 0 aliphatic carbocycles. The van der Waals surface area contributed by atoms with Crippen molar-refractivity contribution >= 4 is 28.1 Å². The molecule has 1 aromatic heterocycles. The molecule has 6 heteroatoms. The fraction of sp³-hybridized carbons (Fsp3) is 0.286. The van der Waals surface area contributed by atoms with Gasteiger partial charge in [0.1, 0.15) is 5.75 Å². The van der Waals surface area contributed by atoms with Gasteiger partial charge in [0.15, 0.2) is 5.13 Å².